The highest BCUT2D eigenvalue weighted by Crippen LogP contribution is 2.24. The molecule has 0 spiro atoms. The average Bonchev–Trinajstić information content (AvgIpc) is 3.07. The fourth-order valence-corrected chi connectivity index (χ4v) is 3.48. The Kier molecular flexibility index (Phi) is 3.50. The number of aromatic nitrogens is 5. The number of hydrogen-bond donors (Lipinski definition) is 2. The molecule has 7 nitrogen and oxygen atoms in total. The first-order chi connectivity index (χ1) is 11.6. The molecule has 0 aliphatic rings. The molecule has 24 heavy (non-hydrogen) atoms. The van der Waals surface area contributed by atoms with Gasteiger partial charge in [-0.1, -0.05) is 30.3 Å². The van der Waals surface area contributed by atoms with Crippen molar-refractivity contribution in [1.29, 1.82) is 0 Å². The lowest BCUT2D eigenvalue weighted by Gasteiger charge is -2.04. The van der Waals surface area contributed by atoms with Gasteiger partial charge in [0.15, 0.2) is 15.9 Å². The third-order valence-electron chi connectivity index (χ3n) is 3.97. The lowest BCUT2D eigenvalue weighted by Crippen LogP contribution is -2.16. The Labute approximate surface area is 144 Å². The van der Waals surface area contributed by atoms with E-state index in [1.807, 2.05) is 37.3 Å². The van der Waals surface area contributed by atoms with Crippen LogP contribution >= 0.6 is 15.9 Å². The van der Waals surface area contributed by atoms with Crippen molar-refractivity contribution in [3.63, 3.8) is 0 Å². The second kappa shape index (κ2) is 5.57. The van der Waals surface area contributed by atoms with Gasteiger partial charge in [0.1, 0.15) is 0 Å². The second-order valence-electron chi connectivity index (χ2n) is 5.47. The monoisotopic (exact) mass is 387 g/mol. The van der Waals surface area contributed by atoms with E-state index in [0.717, 1.165) is 17.0 Å². The Morgan fingerprint density at radius 1 is 1.25 bits per heavy atom. The van der Waals surface area contributed by atoms with Gasteiger partial charge in [0.25, 0.3) is 5.56 Å². The van der Waals surface area contributed by atoms with Crippen molar-refractivity contribution < 1.29 is 5.11 Å². The summed E-state index contributed by atoms with van der Waals surface area (Å²) in [5, 5.41) is 9.21. The van der Waals surface area contributed by atoms with Crippen LogP contribution in [0.15, 0.2) is 39.9 Å². The molecule has 0 fully saturated rings. The third-order valence-corrected chi connectivity index (χ3v) is 4.58. The maximum atomic E-state index is 13.0. The summed E-state index contributed by atoms with van der Waals surface area (Å²) in [5.41, 5.74) is 3.03. The molecule has 0 aliphatic heterocycles. The Hall–Kier alpha value is -2.45. The van der Waals surface area contributed by atoms with Gasteiger partial charge in [0, 0.05) is 17.8 Å². The third kappa shape index (κ3) is 2.10. The number of nitrogens with one attached hydrogen (secondary N) is 1. The predicted molar refractivity (Wildman–Crippen MR) is 94.1 cm³/mol. The summed E-state index contributed by atoms with van der Waals surface area (Å²) in [7, 11) is 0. The van der Waals surface area contributed by atoms with Crippen LogP contribution in [-0.2, 0) is 6.54 Å². The first-order valence-corrected chi connectivity index (χ1v) is 8.24. The molecule has 0 saturated carbocycles. The fraction of sp³-hybridized carbons (Fsp3) is 0.188. The van der Waals surface area contributed by atoms with Crippen LogP contribution in [0.2, 0.25) is 0 Å². The van der Waals surface area contributed by atoms with Gasteiger partial charge in [-0.25, -0.2) is 9.38 Å². The molecule has 8 heteroatoms. The topological polar surface area (TPSA) is 88.2 Å². The largest absolute Gasteiger partial charge is 0.395 e. The van der Waals surface area contributed by atoms with E-state index >= 15 is 0 Å². The molecular weight excluding hydrogens is 374 g/mol. The number of halogens is 1. The van der Waals surface area contributed by atoms with Crippen LogP contribution in [0, 0.1) is 6.92 Å². The van der Waals surface area contributed by atoms with Crippen molar-refractivity contribution in [2.75, 3.05) is 6.61 Å². The van der Waals surface area contributed by atoms with E-state index in [1.54, 1.807) is 8.97 Å². The molecular formula is C16H14BrN5O2. The number of hydrogen-bond acceptors (Lipinski definition) is 4. The van der Waals surface area contributed by atoms with Crippen LogP contribution in [0.3, 0.4) is 0 Å². The van der Waals surface area contributed by atoms with Gasteiger partial charge in [0.2, 0.25) is 5.78 Å². The molecule has 0 bridgehead atoms. The molecule has 4 rings (SSSR count). The lowest BCUT2D eigenvalue weighted by molar-refractivity contribution is 0.276. The van der Waals surface area contributed by atoms with E-state index in [-0.39, 0.29) is 17.7 Å². The first kappa shape index (κ1) is 15.1. The molecule has 0 amide bonds. The maximum Gasteiger partial charge on any atom is 0.287 e. The summed E-state index contributed by atoms with van der Waals surface area (Å²) in [6.07, 6.45) is 0. The van der Waals surface area contributed by atoms with Crippen LogP contribution < -0.4 is 5.56 Å². The van der Waals surface area contributed by atoms with E-state index < -0.39 is 0 Å². The number of fused-ring (bicyclic) bond motifs is 2. The summed E-state index contributed by atoms with van der Waals surface area (Å²) < 4.78 is 3.70. The number of aryl methyl sites for hydroxylation is 1. The van der Waals surface area contributed by atoms with Crippen LogP contribution in [-0.4, -0.2) is 35.6 Å². The zero-order valence-corrected chi connectivity index (χ0v) is 14.4. The highest BCUT2D eigenvalue weighted by atomic mass is 79.9. The summed E-state index contributed by atoms with van der Waals surface area (Å²) in [4.78, 5) is 25.0. The summed E-state index contributed by atoms with van der Waals surface area (Å²) in [5.74, 6) is 0.454. The normalized spacial score (nSPS) is 11.6. The molecule has 0 unspecified atom stereocenters. The first-order valence-electron chi connectivity index (χ1n) is 7.45. The zero-order chi connectivity index (χ0) is 16.8. The minimum Gasteiger partial charge on any atom is -0.395 e. The molecule has 0 aliphatic carbocycles. The molecule has 1 aromatic carbocycles. The van der Waals surface area contributed by atoms with Crippen LogP contribution in [0.5, 0.6) is 0 Å². The fourth-order valence-electron chi connectivity index (χ4n) is 2.95. The lowest BCUT2D eigenvalue weighted by atomic mass is 10.1. The number of rotatable bonds is 3. The van der Waals surface area contributed by atoms with Crippen LogP contribution in [0.4, 0.5) is 0 Å². The van der Waals surface area contributed by atoms with Gasteiger partial charge in [-0.3, -0.25) is 4.79 Å². The Morgan fingerprint density at radius 3 is 2.71 bits per heavy atom. The van der Waals surface area contributed by atoms with Crippen molar-refractivity contribution in [3.8, 4) is 11.3 Å². The quantitative estimate of drug-likeness (QED) is 0.526. The number of H-pyrrole nitrogens is 1. The number of aliphatic hydroxyl groups excluding tert-OH is 1. The van der Waals surface area contributed by atoms with Gasteiger partial charge >= 0.3 is 0 Å². The molecule has 2 N–H and O–H groups in total. The van der Waals surface area contributed by atoms with E-state index in [9.17, 15) is 9.90 Å². The van der Waals surface area contributed by atoms with Gasteiger partial charge in [-0.05, 0) is 22.9 Å². The Morgan fingerprint density at radius 2 is 2.00 bits per heavy atom. The molecule has 0 saturated heterocycles. The summed E-state index contributed by atoms with van der Waals surface area (Å²) in [6.45, 7) is 2.15. The van der Waals surface area contributed by atoms with Gasteiger partial charge in [-0.15, -0.1) is 0 Å². The van der Waals surface area contributed by atoms with E-state index in [4.69, 9.17) is 0 Å². The molecule has 0 radical (unpaired) electrons. The van der Waals surface area contributed by atoms with E-state index in [0.29, 0.717) is 22.7 Å². The number of aliphatic hydroxyl groups is 1. The molecule has 122 valence electrons. The highest BCUT2D eigenvalue weighted by molar-refractivity contribution is 9.10. The number of benzene rings is 1. The minimum atomic E-state index is -0.240. The molecule has 4 aromatic rings. The Bertz CT molecular complexity index is 1110. The van der Waals surface area contributed by atoms with Crippen LogP contribution in [0.1, 0.15) is 5.69 Å². The SMILES string of the molecule is Cc1[nH]c2nc3c(nc(Br)n3CCO)c(=O)n2c1-c1ccccc1. The number of aromatic amines is 1. The smallest absolute Gasteiger partial charge is 0.287 e. The standard InChI is InChI=1S/C16H14BrN5O2/c1-9-12(10-5-3-2-4-6-10)22-14(24)11-13(20-16(22)18-9)21(7-8-23)15(17)19-11/h2-6,23H,7-8H2,1H3,(H,18,20). The Balaban J connectivity index is 2.12. The number of imidazole rings is 2. The van der Waals surface area contributed by atoms with Gasteiger partial charge in [-0.2, -0.15) is 4.98 Å². The molecule has 3 heterocycles. The maximum absolute atomic E-state index is 13.0. The van der Waals surface area contributed by atoms with Crippen molar-refractivity contribution in [2.24, 2.45) is 0 Å². The summed E-state index contributed by atoms with van der Waals surface area (Å²) in [6, 6.07) is 9.69. The predicted octanol–water partition coefficient (Wildman–Crippen LogP) is 2.10. The van der Waals surface area contributed by atoms with Crippen molar-refractivity contribution >= 4 is 32.9 Å². The van der Waals surface area contributed by atoms with Gasteiger partial charge < -0.3 is 14.7 Å². The van der Waals surface area contributed by atoms with E-state index in [1.165, 1.54) is 0 Å². The average molecular weight is 388 g/mol. The van der Waals surface area contributed by atoms with Crippen molar-refractivity contribution in [2.45, 2.75) is 13.5 Å². The van der Waals surface area contributed by atoms with Crippen molar-refractivity contribution in [3.05, 3.63) is 51.1 Å². The number of nitrogens with zero attached hydrogens (tertiary/aromatic N) is 4. The highest BCUT2D eigenvalue weighted by Gasteiger charge is 2.19. The van der Waals surface area contributed by atoms with Crippen LogP contribution in [0.25, 0.3) is 28.2 Å². The molecule has 3 aromatic heterocycles. The molecule has 0 atom stereocenters. The minimum absolute atomic E-state index is 0.0653. The van der Waals surface area contributed by atoms with Gasteiger partial charge in [0.05, 0.1) is 12.3 Å². The van der Waals surface area contributed by atoms with Crippen molar-refractivity contribution in [1.82, 2.24) is 23.9 Å². The second-order valence-corrected chi connectivity index (χ2v) is 6.18. The van der Waals surface area contributed by atoms with E-state index in [2.05, 4.69) is 30.9 Å². The summed E-state index contributed by atoms with van der Waals surface area (Å²) >= 11 is 3.33. The zero-order valence-electron chi connectivity index (χ0n) is 12.8.